The molecule has 0 heterocycles. The van der Waals surface area contributed by atoms with Crippen LogP contribution in [-0.4, -0.2) is 17.8 Å². The summed E-state index contributed by atoms with van der Waals surface area (Å²) in [7, 11) is 0. The van der Waals surface area contributed by atoms with Crippen LogP contribution in [0.3, 0.4) is 0 Å². The summed E-state index contributed by atoms with van der Waals surface area (Å²) in [5, 5.41) is 2.71. The fourth-order valence-corrected chi connectivity index (χ4v) is 2.99. The second-order valence-corrected chi connectivity index (χ2v) is 6.96. The van der Waals surface area contributed by atoms with Gasteiger partial charge in [0.2, 0.25) is 5.91 Å². The van der Waals surface area contributed by atoms with Crippen molar-refractivity contribution in [3.63, 3.8) is 0 Å². The first-order valence-corrected chi connectivity index (χ1v) is 9.02. The predicted octanol–water partition coefficient (Wildman–Crippen LogP) is 4.57. The van der Waals surface area contributed by atoms with E-state index in [1.54, 1.807) is 0 Å². The molecule has 0 spiro atoms. The number of benzene rings is 2. The van der Waals surface area contributed by atoms with E-state index in [4.69, 9.17) is 10.5 Å². The Morgan fingerprint density at radius 1 is 1.25 bits per heavy atom. The Morgan fingerprint density at radius 3 is 2.67 bits per heavy atom. The van der Waals surface area contributed by atoms with Gasteiger partial charge in [0.25, 0.3) is 0 Å². The number of thioether (sulfide) groups is 1. The summed E-state index contributed by atoms with van der Waals surface area (Å²) in [6, 6.07) is 15.0. The van der Waals surface area contributed by atoms with Crippen LogP contribution < -0.4 is 15.8 Å². The van der Waals surface area contributed by atoms with E-state index in [9.17, 15) is 4.79 Å². The molecule has 0 aromatic heterocycles. The van der Waals surface area contributed by atoms with Crippen LogP contribution in [0.1, 0.15) is 26.7 Å². The van der Waals surface area contributed by atoms with E-state index < -0.39 is 0 Å². The van der Waals surface area contributed by atoms with Gasteiger partial charge in [0.05, 0.1) is 11.9 Å². The van der Waals surface area contributed by atoms with Crippen molar-refractivity contribution in [3.05, 3.63) is 48.5 Å². The van der Waals surface area contributed by atoms with Crippen LogP contribution in [0.4, 0.5) is 11.4 Å². The highest BCUT2D eigenvalue weighted by molar-refractivity contribution is 8.00. The molecule has 0 fully saturated rings. The van der Waals surface area contributed by atoms with E-state index in [1.807, 2.05) is 55.5 Å². The Balaban J connectivity index is 1.86. The second kappa shape index (κ2) is 9.23. The van der Waals surface area contributed by atoms with Crippen molar-refractivity contribution in [3.8, 4) is 5.75 Å². The van der Waals surface area contributed by atoms with Crippen LogP contribution in [0.25, 0.3) is 0 Å². The Hall–Kier alpha value is -2.14. The van der Waals surface area contributed by atoms with Gasteiger partial charge in [0.1, 0.15) is 5.75 Å². The zero-order valence-electron chi connectivity index (χ0n) is 14.1. The van der Waals surface area contributed by atoms with Crippen LogP contribution in [0.15, 0.2) is 53.4 Å². The summed E-state index contributed by atoms with van der Waals surface area (Å²) in [6.45, 7) is 4.73. The van der Waals surface area contributed by atoms with E-state index >= 15 is 0 Å². The number of unbranched alkanes of at least 4 members (excludes halogenated alkanes) is 1. The molecular weight excluding hydrogens is 320 g/mol. The standard InChI is InChI=1S/C19H24N2O2S/c1-3-4-12-23-17-10-8-16(9-11-17)21-19(22)14(2)24-18-7-5-6-15(20)13-18/h5-11,13-14H,3-4,12,20H2,1-2H3,(H,21,22). The fraction of sp³-hybridized carbons (Fsp3) is 0.316. The largest absolute Gasteiger partial charge is 0.494 e. The van der Waals surface area contributed by atoms with Crippen LogP contribution in [0.5, 0.6) is 5.75 Å². The summed E-state index contributed by atoms with van der Waals surface area (Å²) >= 11 is 1.49. The lowest BCUT2D eigenvalue weighted by Gasteiger charge is -2.13. The Morgan fingerprint density at radius 2 is 2.00 bits per heavy atom. The molecule has 2 rings (SSSR count). The monoisotopic (exact) mass is 344 g/mol. The molecule has 1 unspecified atom stereocenters. The van der Waals surface area contributed by atoms with Gasteiger partial charge in [0, 0.05) is 16.3 Å². The lowest BCUT2D eigenvalue weighted by Crippen LogP contribution is -2.22. The smallest absolute Gasteiger partial charge is 0.237 e. The lowest BCUT2D eigenvalue weighted by atomic mass is 10.3. The van der Waals surface area contributed by atoms with E-state index in [2.05, 4.69) is 12.2 Å². The zero-order valence-corrected chi connectivity index (χ0v) is 14.9. The van der Waals surface area contributed by atoms with E-state index in [-0.39, 0.29) is 11.2 Å². The summed E-state index contributed by atoms with van der Waals surface area (Å²) < 4.78 is 5.62. The third-order valence-corrected chi connectivity index (χ3v) is 4.52. The van der Waals surface area contributed by atoms with Crippen molar-refractivity contribution in [1.82, 2.24) is 0 Å². The number of nitrogens with one attached hydrogen (secondary N) is 1. The number of carbonyl (C=O) groups is 1. The minimum atomic E-state index is -0.215. The molecule has 0 bridgehead atoms. The molecule has 3 N–H and O–H groups in total. The minimum absolute atomic E-state index is 0.0397. The SMILES string of the molecule is CCCCOc1ccc(NC(=O)C(C)Sc2cccc(N)c2)cc1. The first-order valence-electron chi connectivity index (χ1n) is 8.14. The summed E-state index contributed by atoms with van der Waals surface area (Å²) in [6.07, 6.45) is 2.15. The third kappa shape index (κ3) is 5.81. The van der Waals surface area contributed by atoms with Crippen LogP contribution in [-0.2, 0) is 4.79 Å². The van der Waals surface area contributed by atoms with Gasteiger partial charge in [-0.3, -0.25) is 4.79 Å². The van der Waals surface area contributed by atoms with Gasteiger partial charge in [-0.1, -0.05) is 19.4 Å². The van der Waals surface area contributed by atoms with Crippen LogP contribution in [0, 0.1) is 0 Å². The average molecular weight is 344 g/mol. The fourth-order valence-electron chi connectivity index (χ4n) is 2.06. The number of anilines is 2. The van der Waals surface area contributed by atoms with Gasteiger partial charge in [-0.2, -0.15) is 0 Å². The molecule has 1 amide bonds. The maximum Gasteiger partial charge on any atom is 0.237 e. The molecule has 0 radical (unpaired) electrons. The van der Waals surface area contributed by atoms with Crippen molar-refractivity contribution in [1.29, 1.82) is 0 Å². The summed E-state index contributed by atoms with van der Waals surface area (Å²) in [5.41, 5.74) is 7.23. The van der Waals surface area contributed by atoms with Crippen molar-refractivity contribution in [2.45, 2.75) is 36.8 Å². The molecule has 0 aliphatic heterocycles. The third-order valence-electron chi connectivity index (χ3n) is 3.43. The van der Waals surface area contributed by atoms with E-state index in [1.165, 1.54) is 11.8 Å². The molecular formula is C19H24N2O2S. The molecule has 2 aromatic rings. The van der Waals surface area contributed by atoms with Gasteiger partial charge in [0.15, 0.2) is 0 Å². The van der Waals surface area contributed by atoms with Crippen molar-refractivity contribution < 1.29 is 9.53 Å². The van der Waals surface area contributed by atoms with E-state index in [0.29, 0.717) is 5.69 Å². The quantitative estimate of drug-likeness (QED) is 0.418. The minimum Gasteiger partial charge on any atom is -0.494 e. The highest BCUT2D eigenvalue weighted by atomic mass is 32.2. The lowest BCUT2D eigenvalue weighted by molar-refractivity contribution is -0.115. The molecule has 0 aliphatic carbocycles. The summed E-state index contributed by atoms with van der Waals surface area (Å²) in [5.74, 6) is 0.783. The number of hydrogen-bond acceptors (Lipinski definition) is 4. The maximum atomic E-state index is 12.3. The Kier molecular flexibility index (Phi) is 7.00. The molecule has 1 atom stereocenters. The van der Waals surface area contributed by atoms with Crippen LogP contribution >= 0.6 is 11.8 Å². The molecule has 0 saturated heterocycles. The summed E-state index contributed by atoms with van der Waals surface area (Å²) in [4.78, 5) is 13.3. The number of nitrogens with two attached hydrogens (primary N) is 1. The Labute approximate surface area is 147 Å². The molecule has 0 saturated carbocycles. The number of nitrogen functional groups attached to an aromatic ring is 1. The number of rotatable bonds is 8. The maximum absolute atomic E-state index is 12.3. The molecule has 4 nitrogen and oxygen atoms in total. The number of ether oxygens (including phenoxy) is 1. The van der Waals surface area contributed by atoms with Crippen molar-refractivity contribution in [2.75, 3.05) is 17.7 Å². The molecule has 24 heavy (non-hydrogen) atoms. The molecule has 0 aliphatic rings. The van der Waals surface area contributed by atoms with Gasteiger partial charge in [-0.05, 0) is 55.8 Å². The van der Waals surface area contributed by atoms with Crippen molar-refractivity contribution >= 4 is 29.0 Å². The number of carbonyl (C=O) groups excluding carboxylic acids is 1. The first-order chi connectivity index (χ1) is 11.6. The van der Waals surface area contributed by atoms with Gasteiger partial charge >= 0.3 is 0 Å². The topological polar surface area (TPSA) is 64.3 Å². The van der Waals surface area contributed by atoms with Gasteiger partial charge in [-0.25, -0.2) is 0 Å². The number of amides is 1. The Bertz CT molecular complexity index is 659. The van der Waals surface area contributed by atoms with Gasteiger partial charge in [-0.15, -0.1) is 11.8 Å². The highest BCUT2D eigenvalue weighted by Crippen LogP contribution is 2.26. The molecule has 5 heteroatoms. The highest BCUT2D eigenvalue weighted by Gasteiger charge is 2.14. The first kappa shape index (κ1) is 18.2. The zero-order chi connectivity index (χ0) is 17.4. The number of hydrogen-bond donors (Lipinski definition) is 2. The van der Waals surface area contributed by atoms with Crippen molar-refractivity contribution in [2.24, 2.45) is 0 Å². The molecule has 128 valence electrons. The van der Waals surface area contributed by atoms with Crippen LogP contribution in [0.2, 0.25) is 0 Å². The predicted molar refractivity (Wildman–Crippen MR) is 102 cm³/mol. The second-order valence-electron chi connectivity index (χ2n) is 5.55. The molecule has 2 aromatic carbocycles. The van der Waals surface area contributed by atoms with Gasteiger partial charge < -0.3 is 15.8 Å². The van der Waals surface area contributed by atoms with E-state index in [0.717, 1.165) is 35.8 Å². The normalized spacial score (nSPS) is 11.8. The average Bonchev–Trinajstić information content (AvgIpc) is 2.56.